The first kappa shape index (κ1) is 11.0. The molecule has 2 rings (SSSR count). The van der Waals surface area contributed by atoms with E-state index in [-0.39, 0.29) is 6.42 Å². The third-order valence-electron chi connectivity index (χ3n) is 2.90. The van der Waals surface area contributed by atoms with Crippen LogP contribution in [0, 0.1) is 0 Å². The Balaban J connectivity index is 1.97. The number of hydrogen-bond donors (Lipinski definition) is 1. The van der Waals surface area contributed by atoms with Gasteiger partial charge >= 0.3 is 5.97 Å². The van der Waals surface area contributed by atoms with Gasteiger partial charge in [0.15, 0.2) is 0 Å². The number of aromatic nitrogens is 2. The molecule has 1 aliphatic rings. The Morgan fingerprint density at radius 1 is 1.38 bits per heavy atom. The summed E-state index contributed by atoms with van der Waals surface area (Å²) in [6.45, 7) is 0. The molecule has 0 aliphatic heterocycles. The van der Waals surface area contributed by atoms with E-state index in [1.807, 2.05) is 6.20 Å². The van der Waals surface area contributed by atoms with Crippen molar-refractivity contribution in [3.63, 3.8) is 0 Å². The molecule has 0 amide bonds. The number of carboxylic acid groups (broad SMARTS) is 1. The van der Waals surface area contributed by atoms with Crippen molar-refractivity contribution < 1.29 is 9.90 Å². The first-order chi connectivity index (χ1) is 7.75. The van der Waals surface area contributed by atoms with E-state index < -0.39 is 5.97 Å². The molecule has 1 aliphatic carbocycles. The van der Waals surface area contributed by atoms with Crippen molar-refractivity contribution in [1.29, 1.82) is 0 Å². The smallest absolute Gasteiger partial charge is 0.303 e. The van der Waals surface area contributed by atoms with Crippen molar-refractivity contribution >= 4 is 5.97 Å². The van der Waals surface area contributed by atoms with Gasteiger partial charge in [0, 0.05) is 24.7 Å². The predicted molar refractivity (Wildman–Crippen MR) is 59.2 cm³/mol. The second-order valence-corrected chi connectivity index (χ2v) is 4.21. The molecule has 1 N–H and O–H groups in total. The number of rotatable bonds is 4. The van der Waals surface area contributed by atoms with Crippen LogP contribution in [0.4, 0.5) is 0 Å². The van der Waals surface area contributed by atoms with Crippen LogP contribution in [0.1, 0.15) is 42.8 Å². The van der Waals surface area contributed by atoms with Crippen LogP contribution in [0.5, 0.6) is 0 Å². The lowest BCUT2D eigenvalue weighted by atomic mass is 9.97. The Morgan fingerprint density at radius 2 is 2.19 bits per heavy atom. The number of nitrogens with zero attached hydrogens (tertiary/aromatic N) is 2. The Labute approximate surface area is 94.7 Å². The Bertz CT molecular complexity index is 391. The molecule has 0 radical (unpaired) electrons. The Kier molecular flexibility index (Phi) is 3.49. The molecule has 4 heteroatoms. The summed E-state index contributed by atoms with van der Waals surface area (Å²) in [5.41, 5.74) is 2.44. The highest BCUT2D eigenvalue weighted by Gasteiger charge is 2.11. The molecule has 0 fully saturated rings. The zero-order valence-corrected chi connectivity index (χ0v) is 9.28. The first-order valence-corrected chi connectivity index (χ1v) is 5.81. The summed E-state index contributed by atoms with van der Waals surface area (Å²) < 4.78 is 0. The third-order valence-corrected chi connectivity index (χ3v) is 2.90. The molecule has 1 aromatic heterocycles. The minimum atomic E-state index is -0.752. The van der Waals surface area contributed by atoms with Gasteiger partial charge in [0.25, 0.3) is 0 Å². The van der Waals surface area contributed by atoms with Gasteiger partial charge in [-0.3, -0.25) is 4.79 Å². The topological polar surface area (TPSA) is 63.1 Å². The highest BCUT2D eigenvalue weighted by atomic mass is 16.4. The lowest BCUT2D eigenvalue weighted by Gasteiger charge is -2.14. The van der Waals surface area contributed by atoms with Crippen LogP contribution in [-0.4, -0.2) is 21.0 Å². The van der Waals surface area contributed by atoms with Crippen LogP contribution in [0.2, 0.25) is 0 Å². The Morgan fingerprint density at radius 3 is 3.00 bits per heavy atom. The van der Waals surface area contributed by atoms with Gasteiger partial charge in [-0.15, -0.1) is 0 Å². The number of carboxylic acids is 1. The number of fused-ring (bicyclic) bond motifs is 1. The van der Waals surface area contributed by atoms with E-state index in [4.69, 9.17) is 5.11 Å². The van der Waals surface area contributed by atoms with E-state index in [0.29, 0.717) is 12.8 Å². The molecule has 0 saturated carbocycles. The van der Waals surface area contributed by atoms with Crippen molar-refractivity contribution in [2.75, 3.05) is 0 Å². The molecule has 0 spiro atoms. The number of aliphatic carboxylic acids is 1. The molecule has 0 unspecified atom stereocenters. The second-order valence-electron chi connectivity index (χ2n) is 4.21. The molecule has 1 heterocycles. The standard InChI is InChI=1S/C12H16N2O2/c15-12(16)7-3-6-11-13-8-9-4-1-2-5-10(9)14-11/h8H,1-7H2,(H,15,16). The number of hydrogen-bond acceptors (Lipinski definition) is 3. The zero-order valence-electron chi connectivity index (χ0n) is 9.28. The van der Waals surface area contributed by atoms with Gasteiger partial charge in [0.05, 0.1) is 0 Å². The summed E-state index contributed by atoms with van der Waals surface area (Å²) in [6, 6.07) is 0. The average Bonchev–Trinajstić information content (AvgIpc) is 2.28. The summed E-state index contributed by atoms with van der Waals surface area (Å²) in [6.07, 6.45) is 7.97. The molecule has 0 aromatic carbocycles. The van der Waals surface area contributed by atoms with Crippen LogP contribution in [0.3, 0.4) is 0 Å². The largest absolute Gasteiger partial charge is 0.481 e. The van der Waals surface area contributed by atoms with Crippen LogP contribution in [0.15, 0.2) is 6.20 Å². The highest BCUT2D eigenvalue weighted by Crippen LogP contribution is 2.18. The summed E-state index contributed by atoms with van der Waals surface area (Å²) in [5, 5.41) is 8.54. The maximum Gasteiger partial charge on any atom is 0.303 e. The van der Waals surface area contributed by atoms with Crippen molar-refractivity contribution in [2.45, 2.75) is 44.9 Å². The van der Waals surface area contributed by atoms with E-state index in [9.17, 15) is 4.79 Å². The molecule has 4 nitrogen and oxygen atoms in total. The molecule has 16 heavy (non-hydrogen) atoms. The summed E-state index contributed by atoms with van der Waals surface area (Å²) >= 11 is 0. The monoisotopic (exact) mass is 220 g/mol. The SMILES string of the molecule is O=C(O)CCCc1ncc2c(n1)CCCC2. The van der Waals surface area contributed by atoms with Crippen molar-refractivity contribution in [1.82, 2.24) is 9.97 Å². The minimum absolute atomic E-state index is 0.195. The highest BCUT2D eigenvalue weighted by molar-refractivity contribution is 5.66. The third kappa shape index (κ3) is 2.78. The lowest BCUT2D eigenvalue weighted by Crippen LogP contribution is -2.09. The van der Waals surface area contributed by atoms with Crippen molar-refractivity contribution in [3.05, 3.63) is 23.3 Å². The quantitative estimate of drug-likeness (QED) is 0.839. The number of aryl methyl sites for hydroxylation is 3. The van der Waals surface area contributed by atoms with Gasteiger partial charge in [-0.1, -0.05) is 0 Å². The summed E-state index contributed by atoms with van der Waals surface area (Å²) in [4.78, 5) is 19.2. The van der Waals surface area contributed by atoms with Gasteiger partial charge in [-0.25, -0.2) is 9.97 Å². The number of carbonyl (C=O) groups is 1. The van der Waals surface area contributed by atoms with Crippen molar-refractivity contribution in [2.24, 2.45) is 0 Å². The predicted octanol–water partition coefficient (Wildman–Crippen LogP) is 1.76. The van der Waals surface area contributed by atoms with Crippen LogP contribution >= 0.6 is 0 Å². The van der Waals surface area contributed by atoms with E-state index in [0.717, 1.165) is 18.7 Å². The molecule has 86 valence electrons. The molecule has 0 bridgehead atoms. The summed E-state index contributed by atoms with van der Waals surface area (Å²) in [5.74, 6) is 0.0415. The molecular formula is C12H16N2O2. The van der Waals surface area contributed by atoms with E-state index >= 15 is 0 Å². The normalized spacial score (nSPS) is 14.5. The first-order valence-electron chi connectivity index (χ1n) is 5.81. The van der Waals surface area contributed by atoms with E-state index in [2.05, 4.69) is 9.97 Å². The fraction of sp³-hybridized carbons (Fsp3) is 0.583. The lowest BCUT2D eigenvalue weighted by molar-refractivity contribution is -0.137. The van der Waals surface area contributed by atoms with Gasteiger partial charge in [0.2, 0.25) is 0 Å². The zero-order chi connectivity index (χ0) is 11.4. The Hall–Kier alpha value is -1.45. The molecule has 0 atom stereocenters. The second kappa shape index (κ2) is 5.05. The average molecular weight is 220 g/mol. The van der Waals surface area contributed by atoms with Crippen molar-refractivity contribution in [3.8, 4) is 0 Å². The van der Waals surface area contributed by atoms with Crippen LogP contribution < -0.4 is 0 Å². The molecule has 1 aromatic rings. The van der Waals surface area contributed by atoms with E-state index in [1.165, 1.54) is 24.1 Å². The maximum atomic E-state index is 10.4. The molecular weight excluding hydrogens is 204 g/mol. The summed E-state index contributed by atoms with van der Waals surface area (Å²) in [7, 11) is 0. The van der Waals surface area contributed by atoms with Gasteiger partial charge in [0.1, 0.15) is 5.82 Å². The fourth-order valence-electron chi connectivity index (χ4n) is 2.03. The van der Waals surface area contributed by atoms with Gasteiger partial charge in [-0.2, -0.15) is 0 Å². The maximum absolute atomic E-state index is 10.4. The van der Waals surface area contributed by atoms with Gasteiger partial charge < -0.3 is 5.11 Å². The molecule has 0 saturated heterocycles. The minimum Gasteiger partial charge on any atom is -0.481 e. The van der Waals surface area contributed by atoms with Crippen LogP contribution in [0.25, 0.3) is 0 Å². The van der Waals surface area contributed by atoms with E-state index in [1.54, 1.807) is 0 Å². The van der Waals surface area contributed by atoms with Gasteiger partial charge in [-0.05, 0) is 37.7 Å². The van der Waals surface area contributed by atoms with Crippen LogP contribution in [-0.2, 0) is 24.1 Å². The fourth-order valence-corrected chi connectivity index (χ4v) is 2.03.